The third kappa shape index (κ3) is 2.85. The second-order valence-electron chi connectivity index (χ2n) is 5.14. The highest BCUT2D eigenvalue weighted by molar-refractivity contribution is 6.35. The van der Waals surface area contributed by atoms with Crippen LogP contribution in [-0.2, 0) is 4.79 Å². The van der Waals surface area contributed by atoms with Crippen molar-refractivity contribution in [3.8, 4) is 0 Å². The molecule has 0 aliphatic carbocycles. The zero-order chi connectivity index (χ0) is 16.6. The lowest BCUT2D eigenvalue weighted by Crippen LogP contribution is -2.63. The van der Waals surface area contributed by atoms with E-state index in [1.807, 2.05) is 0 Å². The van der Waals surface area contributed by atoms with E-state index in [2.05, 4.69) is 5.43 Å². The van der Waals surface area contributed by atoms with Crippen molar-refractivity contribution in [2.45, 2.75) is 11.4 Å². The Morgan fingerprint density at radius 1 is 1.13 bits per heavy atom. The molecule has 2 aromatic rings. The molecule has 0 bridgehead atoms. The van der Waals surface area contributed by atoms with Crippen molar-refractivity contribution in [1.29, 1.82) is 0 Å². The van der Waals surface area contributed by atoms with E-state index in [4.69, 9.17) is 28.9 Å². The lowest BCUT2D eigenvalue weighted by atomic mass is 9.95. The standard InChI is InChI=1S/C16H13Cl2N3O2/c17-12-4-2-1-3-11(12)14-13(18)16(23)21(14)20-15(22)9-5-7-10(19)8-6-9/h1-8,13-14H,19H2,(H,20,22)/t13-,14-/m1/s1. The molecule has 2 amide bonds. The maximum atomic E-state index is 12.3. The molecule has 0 radical (unpaired) electrons. The Kier molecular flexibility index (Phi) is 4.15. The number of nitrogens with zero attached hydrogens (tertiary/aromatic N) is 1. The van der Waals surface area contributed by atoms with Gasteiger partial charge in [0, 0.05) is 16.3 Å². The number of nitrogens with one attached hydrogen (secondary N) is 1. The van der Waals surface area contributed by atoms with Crippen LogP contribution in [0.15, 0.2) is 48.5 Å². The van der Waals surface area contributed by atoms with Crippen LogP contribution in [0, 0.1) is 0 Å². The number of rotatable bonds is 3. The maximum absolute atomic E-state index is 12.3. The Bertz CT molecular complexity index is 764. The summed E-state index contributed by atoms with van der Waals surface area (Å²) in [7, 11) is 0. The van der Waals surface area contributed by atoms with Gasteiger partial charge in [0.25, 0.3) is 11.8 Å². The topological polar surface area (TPSA) is 75.4 Å². The Morgan fingerprint density at radius 3 is 2.43 bits per heavy atom. The predicted molar refractivity (Wildman–Crippen MR) is 89.0 cm³/mol. The summed E-state index contributed by atoms with van der Waals surface area (Å²) in [5.74, 6) is -0.792. The number of carbonyl (C=O) groups is 2. The smallest absolute Gasteiger partial charge is 0.269 e. The normalized spacial score (nSPS) is 20.1. The largest absolute Gasteiger partial charge is 0.399 e. The molecule has 3 rings (SSSR count). The number of alkyl halides is 1. The van der Waals surface area contributed by atoms with Gasteiger partial charge in [-0.25, -0.2) is 5.01 Å². The molecule has 7 heteroatoms. The van der Waals surface area contributed by atoms with E-state index < -0.39 is 17.3 Å². The van der Waals surface area contributed by atoms with Gasteiger partial charge >= 0.3 is 0 Å². The Morgan fingerprint density at radius 2 is 1.78 bits per heavy atom. The molecule has 0 spiro atoms. The van der Waals surface area contributed by atoms with Crippen molar-refractivity contribution in [1.82, 2.24) is 10.4 Å². The van der Waals surface area contributed by atoms with Gasteiger partial charge in [-0.1, -0.05) is 29.8 Å². The minimum atomic E-state index is -0.762. The molecule has 2 aromatic carbocycles. The molecular weight excluding hydrogens is 337 g/mol. The van der Waals surface area contributed by atoms with E-state index in [-0.39, 0.29) is 5.91 Å². The first-order valence-electron chi connectivity index (χ1n) is 6.87. The first-order chi connectivity index (χ1) is 11.0. The third-order valence-electron chi connectivity index (χ3n) is 3.65. The molecule has 1 aliphatic heterocycles. The molecular formula is C16H13Cl2N3O2. The summed E-state index contributed by atoms with van der Waals surface area (Å²) >= 11 is 12.3. The van der Waals surface area contributed by atoms with Gasteiger partial charge in [-0.2, -0.15) is 0 Å². The average molecular weight is 350 g/mol. The van der Waals surface area contributed by atoms with E-state index >= 15 is 0 Å². The number of β-lactam (4-membered cyclic amide) rings is 1. The molecule has 23 heavy (non-hydrogen) atoms. The molecule has 118 valence electrons. The van der Waals surface area contributed by atoms with Crippen molar-refractivity contribution >= 4 is 40.7 Å². The van der Waals surface area contributed by atoms with Crippen LogP contribution in [0.5, 0.6) is 0 Å². The molecule has 1 heterocycles. The second-order valence-corrected chi connectivity index (χ2v) is 6.02. The van der Waals surface area contributed by atoms with Gasteiger partial charge in [-0.15, -0.1) is 11.6 Å². The number of nitrogen functional groups attached to an aromatic ring is 1. The number of benzene rings is 2. The quantitative estimate of drug-likeness (QED) is 0.508. The minimum Gasteiger partial charge on any atom is -0.399 e. The lowest BCUT2D eigenvalue weighted by molar-refractivity contribution is -0.149. The van der Waals surface area contributed by atoms with Gasteiger partial charge < -0.3 is 5.73 Å². The molecule has 3 N–H and O–H groups in total. The van der Waals surface area contributed by atoms with Crippen LogP contribution in [0.2, 0.25) is 5.02 Å². The average Bonchev–Trinajstić information content (AvgIpc) is 2.56. The number of hydrogen-bond acceptors (Lipinski definition) is 3. The molecule has 5 nitrogen and oxygen atoms in total. The van der Waals surface area contributed by atoms with Crippen molar-refractivity contribution in [3.05, 3.63) is 64.7 Å². The lowest BCUT2D eigenvalue weighted by Gasteiger charge is -2.44. The fraction of sp³-hybridized carbons (Fsp3) is 0.125. The molecule has 1 saturated heterocycles. The van der Waals surface area contributed by atoms with Crippen LogP contribution in [0.1, 0.15) is 22.0 Å². The van der Waals surface area contributed by atoms with Crippen molar-refractivity contribution < 1.29 is 9.59 Å². The molecule has 1 aliphatic rings. The van der Waals surface area contributed by atoms with Gasteiger partial charge in [0.2, 0.25) is 0 Å². The summed E-state index contributed by atoms with van der Waals surface area (Å²) in [5.41, 5.74) is 9.79. The molecule has 0 unspecified atom stereocenters. The van der Waals surface area contributed by atoms with E-state index in [0.717, 1.165) is 0 Å². The molecule has 0 saturated carbocycles. The number of anilines is 1. The van der Waals surface area contributed by atoms with Crippen LogP contribution in [0.3, 0.4) is 0 Å². The van der Waals surface area contributed by atoms with Crippen LogP contribution in [0.4, 0.5) is 5.69 Å². The summed E-state index contributed by atoms with van der Waals surface area (Å²) in [6.45, 7) is 0. The van der Waals surface area contributed by atoms with Crippen LogP contribution >= 0.6 is 23.2 Å². The van der Waals surface area contributed by atoms with Gasteiger partial charge in [0.1, 0.15) is 11.4 Å². The molecule has 0 aromatic heterocycles. The van der Waals surface area contributed by atoms with Gasteiger partial charge in [-0.3, -0.25) is 15.0 Å². The number of halogens is 2. The van der Waals surface area contributed by atoms with Gasteiger partial charge in [0.05, 0.1) is 0 Å². The second kappa shape index (κ2) is 6.10. The predicted octanol–water partition coefficient (Wildman–Crippen LogP) is 2.76. The number of carbonyl (C=O) groups excluding carboxylic acids is 2. The SMILES string of the molecule is Nc1ccc(C(=O)NN2C(=O)[C@H](Cl)[C@H]2c2ccccc2Cl)cc1. The van der Waals surface area contributed by atoms with Gasteiger partial charge in [-0.05, 0) is 35.9 Å². The monoisotopic (exact) mass is 349 g/mol. The summed E-state index contributed by atoms with van der Waals surface area (Å²) in [6, 6.07) is 13.0. The van der Waals surface area contributed by atoms with Crippen LogP contribution in [-0.4, -0.2) is 22.2 Å². The van der Waals surface area contributed by atoms with E-state index in [0.29, 0.717) is 21.8 Å². The first kappa shape index (κ1) is 15.6. The fourth-order valence-corrected chi connectivity index (χ4v) is 3.00. The van der Waals surface area contributed by atoms with Crippen molar-refractivity contribution in [2.75, 3.05) is 5.73 Å². The number of nitrogens with two attached hydrogens (primary N) is 1. The zero-order valence-corrected chi connectivity index (χ0v) is 13.4. The van der Waals surface area contributed by atoms with Crippen LogP contribution < -0.4 is 11.2 Å². The number of hydrogen-bond donors (Lipinski definition) is 2. The third-order valence-corrected chi connectivity index (χ3v) is 4.42. The van der Waals surface area contributed by atoms with E-state index in [1.165, 1.54) is 5.01 Å². The number of hydrazine groups is 1. The summed E-state index contributed by atoms with van der Waals surface area (Å²) in [6.07, 6.45) is 0. The van der Waals surface area contributed by atoms with Crippen LogP contribution in [0.25, 0.3) is 0 Å². The summed E-state index contributed by atoms with van der Waals surface area (Å²) < 4.78 is 0. The highest BCUT2D eigenvalue weighted by Gasteiger charge is 2.49. The summed E-state index contributed by atoms with van der Waals surface area (Å²) in [4.78, 5) is 24.2. The molecule has 2 atom stereocenters. The first-order valence-corrected chi connectivity index (χ1v) is 7.68. The Hall–Kier alpha value is -2.24. The fourth-order valence-electron chi connectivity index (χ4n) is 2.40. The highest BCUT2D eigenvalue weighted by Crippen LogP contribution is 2.40. The van der Waals surface area contributed by atoms with E-state index in [1.54, 1.807) is 48.5 Å². The zero-order valence-electron chi connectivity index (χ0n) is 11.9. The van der Waals surface area contributed by atoms with Crippen molar-refractivity contribution in [3.63, 3.8) is 0 Å². The number of amides is 2. The Balaban J connectivity index is 1.81. The van der Waals surface area contributed by atoms with E-state index in [9.17, 15) is 9.59 Å². The highest BCUT2D eigenvalue weighted by atomic mass is 35.5. The maximum Gasteiger partial charge on any atom is 0.269 e. The van der Waals surface area contributed by atoms with Crippen molar-refractivity contribution in [2.24, 2.45) is 0 Å². The summed E-state index contributed by atoms with van der Waals surface area (Å²) in [5, 5.41) is 0.932. The van der Waals surface area contributed by atoms with Gasteiger partial charge in [0.15, 0.2) is 0 Å². The molecule has 1 fully saturated rings. The Labute approximate surface area is 142 Å². The minimum absolute atomic E-state index is 0.375.